The second-order valence-electron chi connectivity index (χ2n) is 5.25. The van der Waals surface area contributed by atoms with Crippen molar-refractivity contribution in [2.45, 2.75) is 32.7 Å². The van der Waals surface area contributed by atoms with Crippen LogP contribution in [0.5, 0.6) is 0 Å². The van der Waals surface area contributed by atoms with Crippen LogP contribution in [0.4, 0.5) is 0 Å². The van der Waals surface area contributed by atoms with Gasteiger partial charge in [-0.05, 0) is 34.8 Å². The number of aliphatic carboxylic acids is 1. The van der Waals surface area contributed by atoms with E-state index in [4.69, 9.17) is 5.11 Å². The molecule has 0 saturated carbocycles. The Morgan fingerprint density at radius 2 is 2.11 bits per heavy atom. The fourth-order valence-corrected chi connectivity index (χ4v) is 2.30. The molecule has 6 heteroatoms. The maximum absolute atomic E-state index is 12.2. The molecule has 0 aliphatic heterocycles. The molecule has 5 nitrogen and oxygen atoms in total. The lowest BCUT2D eigenvalue weighted by Crippen LogP contribution is -2.51. The average Bonchev–Trinajstić information content (AvgIpc) is 2.56. The van der Waals surface area contributed by atoms with Crippen LogP contribution in [-0.2, 0) is 11.8 Å². The number of aryl methyl sites for hydroxylation is 1. The quantitative estimate of drug-likeness (QED) is 0.870. The molecule has 1 heterocycles. The van der Waals surface area contributed by atoms with Crippen molar-refractivity contribution in [3.8, 4) is 0 Å². The predicted molar refractivity (Wildman–Crippen MR) is 76.1 cm³/mol. The summed E-state index contributed by atoms with van der Waals surface area (Å²) < 4.78 is 2.51. The Labute approximate surface area is 121 Å². The molecular formula is C13H19BrN2O3. The minimum absolute atomic E-state index is 0.0104. The van der Waals surface area contributed by atoms with Gasteiger partial charge in [-0.2, -0.15) is 0 Å². The van der Waals surface area contributed by atoms with Gasteiger partial charge in [0, 0.05) is 17.7 Å². The van der Waals surface area contributed by atoms with Gasteiger partial charge >= 0.3 is 5.97 Å². The molecule has 1 aromatic rings. The van der Waals surface area contributed by atoms with E-state index in [0.717, 1.165) is 4.47 Å². The summed E-state index contributed by atoms with van der Waals surface area (Å²) in [7, 11) is 1.77. The summed E-state index contributed by atoms with van der Waals surface area (Å²) in [5.74, 6) is -1.19. The van der Waals surface area contributed by atoms with E-state index in [1.807, 2.05) is 13.8 Å². The van der Waals surface area contributed by atoms with Gasteiger partial charge in [-0.1, -0.05) is 13.8 Å². The zero-order valence-corrected chi connectivity index (χ0v) is 13.1. The van der Waals surface area contributed by atoms with E-state index in [1.54, 1.807) is 30.8 Å². The molecule has 1 rings (SSSR count). The second kappa shape index (κ2) is 5.77. The van der Waals surface area contributed by atoms with Gasteiger partial charge in [-0.25, -0.2) is 0 Å². The van der Waals surface area contributed by atoms with E-state index in [0.29, 0.717) is 5.69 Å². The van der Waals surface area contributed by atoms with Crippen molar-refractivity contribution in [3.63, 3.8) is 0 Å². The lowest BCUT2D eigenvalue weighted by molar-refractivity contribution is -0.138. The fourth-order valence-electron chi connectivity index (χ4n) is 1.78. The van der Waals surface area contributed by atoms with Crippen LogP contribution in [0, 0.1) is 5.92 Å². The standard InChI is InChI=1S/C13H19BrN2O3/c1-8(2)13(3,6-11(17)18)15-12(19)10-5-9(14)7-16(10)4/h5,7-8H,6H2,1-4H3,(H,15,19)(H,17,18). The predicted octanol–water partition coefficient (Wildman–Crippen LogP) is 2.41. The van der Waals surface area contributed by atoms with Crippen LogP contribution in [-0.4, -0.2) is 27.1 Å². The summed E-state index contributed by atoms with van der Waals surface area (Å²) in [6.07, 6.45) is 1.67. The molecule has 1 unspecified atom stereocenters. The van der Waals surface area contributed by atoms with E-state index >= 15 is 0 Å². The number of rotatable bonds is 5. The summed E-state index contributed by atoms with van der Waals surface area (Å²) in [5.41, 5.74) is -0.288. The van der Waals surface area contributed by atoms with E-state index in [9.17, 15) is 9.59 Å². The summed E-state index contributed by atoms with van der Waals surface area (Å²) in [4.78, 5) is 23.2. The highest BCUT2D eigenvalue weighted by Crippen LogP contribution is 2.22. The molecule has 2 N–H and O–H groups in total. The molecule has 0 spiro atoms. The molecular weight excluding hydrogens is 312 g/mol. The number of carboxylic acid groups (broad SMARTS) is 1. The number of halogens is 1. The monoisotopic (exact) mass is 330 g/mol. The highest BCUT2D eigenvalue weighted by molar-refractivity contribution is 9.10. The van der Waals surface area contributed by atoms with Crippen molar-refractivity contribution >= 4 is 27.8 Å². The Bertz CT molecular complexity index is 496. The highest BCUT2D eigenvalue weighted by Gasteiger charge is 2.33. The number of amides is 1. The maximum Gasteiger partial charge on any atom is 0.305 e. The number of nitrogens with zero attached hydrogens (tertiary/aromatic N) is 1. The number of carbonyl (C=O) groups excluding carboxylic acids is 1. The van der Waals surface area contributed by atoms with E-state index in [2.05, 4.69) is 21.2 Å². The molecule has 1 atom stereocenters. The molecule has 0 radical (unpaired) electrons. The number of carboxylic acids is 1. The van der Waals surface area contributed by atoms with E-state index in [-0.39, 0.29) is 18.2 Å². The first-order valence-electron chi connectivity index (χ1n) is 6.02. The molecule has 0 saturated heterocycles. The second-order valence-corrected chi connectivity index (χ2v) is 6.17. The third-order valence-corrected chi connectivity index (χ3v) is 3.83. The van der Waals surface area contributed by atoms with Crippen molar-refractivity contribution in [1.82, 2.24) is 9.88 Å². The highest BCUT2D eigenvalue weighted by atomic mass is 79.9. The van der Waals surface area contributed by atoms with Gasteiger partial charge in [0.2, 0.25) is 0 Å². The number of aromatic nitrogens is 1. The summed E-state index contributed by atoms with van der Waals surface area (Å²) >= 11 is 3.31. The third kappa shape index (κ3) is 3.83. The molecule has 0 bridgehead atoms. The Hall–Kier alpha value is -1.30. The van der Waals surface area contributed by atoms with Crippen LogP contribution in [0.1, 0.15) is 37.7 Å². The lowest BCUT2D eigenvalue weighted by Gasteiger charge is -2.33. The Balaban J connectivity index is 2.94. The smallest absolute Gasteiger partial charge is 0.305 e. The van der Waals surface area contributed by atoms with Crippen LogP contribution in [0.25, 0.3) is 0 Å². The van der Waals surface area contributed by atoms with Gasteiger partial charge < -0.3 is 15.0 Å². The number of nitrogens with one attached hydrogen (secondary N) is 1. The molecule has 0 fully saturated rings. The zero-order chi connectivity index (χ0) is 14.8. The first kappa shape index (κ1) is 15.8. The molecule has 1 amide bonds. The van der Waals surface area contributed by atoms with Gasteiger partial charge in [-0.15, -0.1) is 0 Å². The Morgan fingerprint density at radius 1 is 1.53 bits per heavy atom. The zero-order valence-electron chi connectivity index (χ0n) is 11.5. The molecule has 0 aromatic carbocycles. The van der Waals surface area contributed by atoms with Crippen LogP contribution in [0.3, 0.4) is 0 Å². The lowest BCUT2D eigenvalue weighted by atomic mass is 9.85. The Morgan fingerprint density at radius 3 is 2.47 bits per heavy atom. The summed E-state index contributed by atoms with van der Waals surface area (Å²) in [6, 6.07) is 1.71. The molecule has 0 aliphatic carbocycles. The topological polar surface area (TPSA) is 71.3 Å². The fraction of sp³-hybridized carbons (Fsp3) is 0.538. The van der Waals surface area contributed by atoms with Crippen LogP contribution < -0.4 is 5.32 Å². The summed E-state index contributed by atoms with van der Waals surface area (Å²) in [6.45, 7) is 5.54. The maximum atomic E-state index is 12.2. The van der Waals surface area contributed by atoms with Crippen LogP contribution in [0.2, 0.25) is 0 Å². The molecule has 1 aromatic heterocycles. The average molecular weight is 331 g/mol. The van der Waals surface area contributed by atoms with Crippen molar-refractivity contribution in [3.05, 3.63) is 22.4 Å². The first-order valence-corrected chi connectivity index (χ1v) is 6.81. The Kier molecular flexibility index (Phi) is 4.79. The van der Waals surface area contributed by atoms with E-state index in [1.165, 1.54) is 0 Å². The molecule has 19 heavy (non-hydrogen) atoms. The largest absolute Gasteiger partial charge is 0.481 e. The number of hydrogen-bond acceptors (Lipinski definition) is 2. The minimum Gasteiger partial charge on any atom is -0.481 e. The van der Waals surface area contributed by atoms with Crippen LogP contribution in [0.15, 0.2) is 16.7 Å². The summed E-state index contributed by atoms with van der Waals surface area (Å²) in [5, 5.41) is 11.8. The van der Waals surface area contributed by atoms with Gasteiger partial charge in [0.05, 0.1) is 12.0 Å². The van der Waals surface area contributed by atoms with Gasteiger partial charge in [0.25, 0.3) is 5.91 Å². The normalized spacial score (nSPS) is 14.2. The minimum atomic E-state index is -0.926. The number of hydrogen-bond donors (Lipinski definition) is 2. The van der Waals surface area contributed by atoms with Crippen molar-refractivity contribution in [1.29, 1.82) is 0 Å². The van der Waals surface area contributed by atoms with Crippen molar-refractivity contribution in [2.24, 2.45) is 13.0 Å². The number of carbonyl (C=O) groups is 2. The van der Waals surface area contributed by atoms with Crippen LogP contribution >= 0.6 is 15.9 Å². The SMILES string of the molecule is CC(C)C(C)(CC(=O)O)NC(=O)c1cc(Br)cn1C. The molecule has 0 aliphatic rings. The first-order chi connectivity index (χ1) is 8.65. The molecule has 106 valence electrons. The van der Waals surface area contributed by atoms with Gasteiger partial charge in [0.15, 0.2) is 0 Å². The third-order valence-electron chi connectivity index (χ3n) is 3.40. The van der Waals surface area contributed by atoms with E-state index < -0.39 is 11.5 Å². The van der Waals surface area contributed by atoms with Gasteiger partial charge in [0.1, 0.15) is 5.69 Å². The van der Waals surface area contributed by atoms with Gasteiger partial charge in [-0.3, -0.25) is 9.59 Å². The van der Waals surface area contributed by atoms with Crippen molar-refractivity contribution < 1.29 is 14.7 Å². The van der Waals surface area contributed by atoms with Crippen molar-refractivity contribution in [2.75, 3.05) is 0 Å².